The molecule has 0 heterocycles. The number of hydrogen-bond acceptors (Lipinski definition) is 2. The van der Waals surface area contributed by atoms with E-state index in [0.29, 0.717) is 0 Å². The highest BCUT2D eigenvalue weighted by molar-refractivity contribution is 6.42. The average Bonchev–Trinajstić information content (AvgIpc) is 2.84. The molecule has 0 saturated heterocycles. The number of aryl methyl sites for hydroxylation is 4. The third-order valence-corrected chi connectivity index (χ3v) is 6.45. The molecule has 0 saturated carbocycles. The Labute approximate surface area is 203 Å². The van der Waals surface area contributed by atoms with E-state index in [4.69, 9.17) is 9.98 Å². The lowest BCUT2D eigenvalue weighted by molar-refractivity contribution is 0.616. The zero-order chi connectivity index (χ0) is 24.1. The molecule has 0 aliphatic rings. The number of nitrogens with zero attached hydrogens (tertiary/aromatic N) is 2. The lowest BCUT2D eigenvalue weighted by Gasteiger charge is -2.11. The molecule has 180 valence electrons. The first kappa shape index (κ1) is 27.0. The smallest absolute Gasteiger partial charge is 0.0639 e. The van der Waals surface area contributed by atoms with Crippen LogP contribution in [0.2, 0.25) is 0 Å². The summed E-state index contributed by atoms with van der Waals surface area (Å²) >= 11 is 0. The highest BCUT2D eigenvalue weighted by Crippen LogP contribution is 2.23. The lowest BCUT2D eigenvalue weighted by atomic mass is 10.0. The summed E-state index contributed by atoms with van der Waals surface area (Å²) in [5.41, 5.74) is 9.79. The van der Waals surface area contributed by atoms with E-state index in [1.807, 2.05) is 0 Å². The summed E-state index contributed by atoms with van der Waals surface area (Å²) in [5.74, 6) is 0. The molecule has 0 aromatic heterocycles. The van der Waals surface area contributed by atoms with E-state index in [1.54, 1.807) is 0 Å². The van der Waals surface area contributed by atoms with Crippen molar-refractivity contribution < 1.29 is 0 Å². The van der Waals surface area contributed by atoms with Crippen LogP contribution in [0.15, 0.2) is 46.4 Å². The SMILES string of the molecule is CCCCCCCCC(=Nc1cc(CC)cc(CC)c1)C(C)=Nc1cc(CC)cc(CC)c1. The van der Waals surface area contributed by atoms with Crippen molar-refractivity contribution in [2.75, 3.05) is 0 Å². The first-order chi connectivity index (χ1) is 16.0. The Morgan fingerprint density at radius 3 is 1.42 bits per heavy atom. The number of benzene rings is 2. The largest absolute Gasteiger partial charge is 0.252 e. The third-order valence-electron chi connectivity index (χ3n) is 6.45. The van der Waals surface area contributed by atoms with Crippen molar-refractivity contribution in [3.63, 3.8) is 0 Å². The first-order valence-electron chi connectivity index (χ1n) is 13.4. The van der Waals surface area contributed by atoms with Gasteiger partial charge >= 0.3 is 0 Å². The van der Waals surface area contributed by atoms with Crippen LogP contribution in [0.1, 0.15) is 109 Å². The molecule has 2 rings (SSSR count). The molecule has 2 aromatic rings. The molecule has 0 fully saturated rings. The minimum atomic E-state index is 0.993. The predicted molar refractivity (Wildman–Crippen MR) is 148 cm³/mol. The van der Waals surface area contributed by atoms with Crippen molar-refractivity contribution in [1.82, 2.24) is 0 Å². The van der Waals surface area contributed by atoms with Crippen molar-refractivity contribution in [2.24, 2.45) is 9.98 Å². The Balaban J connectivity index is 2.35. The van der Waals surface area contributed by atoms with Gasteiger partial charge in [-0.2, -0.15) is 0 Å². The molecule has 0 atom stereocenters. The fourth-order valence-corrected chi connectivity index (χ4v) is 4.24. The summed E-state index contributed by atoms with van der Waals surface area (Å²) in [7, 11) is 0. The molecule has 0 amide bonds. The summed E-state index contributed by atoms with van der Waals surface area (Å²) in [6.45, 7) is 13.3. The predicted octanol–water partition coefficient (Wildman–Crippen LogP) is 9.55. The quantitative estimate of drug-likeness (QED) is 0.204. The van der Waals surface area contributed by atoms with Gasteiger partial charge in [-0.1, -0.05) is 78.9 Å². The summed E-state index contributed by atoms with van der Waals surface area (Å²) < 4.78 is 0. The molecule has 0 aliphatic carbocycles. The normalized spacial score (nSPS) is 12.4. The monoisotopic (exact) mass is 446 g/mol. The Bertz CT molecular complexity index is 876. The van der Waals surface area contributed by atoms with Crippen molar-refractivity contribution >= 4 is 22.8 Å². The molecule has 0 N–H and O–H groups in total. The number of unbranched alkanes of at least 4 members (excludes halogenated alkanes) is 5. The molecule has 2 nitrogen and oxygen atoms in total. The Hall–Kier alpha value is -2.22. The van der Waals surface area contributed by atoms with Crippen LogP contribution < -0.4 is 0 Å². The zero-order valence-corrected chi connectivity index (χ0v) is 22.1. The van der Waals surface area contributed by atoms with Crippen LogP contribution >= 0.6 is 0 Å². The van der Waals surface area contributed by atoms with Gasteiger partial charge in [0.15, 0.2) is 0 Å². The standard InChI is InChI=1S/C31H46N2/c1-7-12-13-14-15-16-17-31(33-30-22-27(10-4)19-28(11-5)23-30)24(6)32-29-20-25(8-2)18-26(9-3)21-29/h18-23H,7-17H2,1-6H3. The molecular weight excluding hydrogens is 400 g/mol. The summed E-state index contributed by atoms with van der Waals surface area (Å²) in [6, 6.07) is 13.6. The van der Waals surface area contributed by atoms with Crippen molar-refractivity contribution in [3.8, 4) is 0 Å². The molecule has 0 aliphatic heterocycles. The lowest BCUT2D eigenvalue weighted by Crippen LogP contribution is -2.10. The Morgan fingerprint density at radius 2 is 0.970 bits per heavy atom. The van der Waals surface area contributed by atoms with Crippen LogP contribution in [-0.4, -0.2) is 11.4 Å². The van der Waals surface area contributed by atoms with Gasteiger partial charge in [0, 0.05) is 0 Å². The van der Waals surface area contributed by atoms with Gasteiger partial charge in [0.1, 0.15) is 0 Å². The van der Waals surface area contributed by atoms with Gasteiger partial charge in [0.05, 0.1) is 22.8 Å². The van der Waals surface area contributed by atoms with E-state index in [0.717, 1.165) is 54.9 Å². The number of rotatable bonds is 14. The topological polar surface area (TPSA) is 24.7 Å². The second kappa shape index (κ2) is 14.8. The van der Waals surface area contributed by atoms with Crippen molar-refractivity contribution in [1.29, 1.82) is 0 Å². The van der Waals surface area contributed by atoms with E-state index in [-0.39, 0.29) is 0 Å². The molecule has 33 heavy (non-hydrogen) atoms. The van der Waals surface area contributed by atoms with Crippen molar-refractivity contribution in [3.05, 3.63) is 58.7 Å². The highest BCUT2D eigenvalue weighted by Gasteiger charge is 2.08. The number of aliphatic imine (C=N–C) groups is 2. The van der Waals surface area contributed by atoms with E-state index < -0.39 is 0 Å². The van der Waals surface area contributed by atoms with Gasteiger partial charge in [-0.25, -0.2) is 0 Å². The van der Waals surface area contributed by atoms with Gasteiger partial charge in [-0.05, 0) is 92.0 Å². The van der Waals surface area contributed by atoms with Crippen LogP contribution in [0, 0.1) is 0 Å². The van der Waals surface area contributed by atoms with Crippen LogP contribution in [0.5, 0.6) is 0 Å². The maximum Gasteiger partial charge on any atom is 0.0639 e. The molecular formula is C31H46N2. The van der Waals surface area contributed by atoms with E-state index >= 15 is 0 Å². The Kier molecular flexibility index (Phi) is 12.1. The molecule has 0 radical (unpaired) electrons. The first-order valence-corrected chi connectivity index (χ1v) is 13.4. The van der Waals surface area contributed by atoms with E-state index in [2.05, 4.69) is 77.9 Å². The van der Waals surface area contributed by atoms with E-state index in [1.165, 1.54) is 60.8 Å². The highest BCUT2D eigenvalue weighted by atomic mass is 14.8. The van der Waals surface area contributed by atoms with E-state index in [9.17, 15) is 0 Å². The maximum atomic E-state index is 5.18. The zero-order valence-electron chi connectivity index (χ0n) is 22.1. The molecule has 0 bridgehead atoms. The second-order valence-electron chi connectivity index (χ2n) is 9.20. The summed E-state index contributed by atoms with van der Waals surface area (Å²) in [5, 5.41) is 0. The fourth-order valence-electron chi connectivity index (χ4n) is 4.24. The van der Waals surface area contributed by atoms with Gasteiger partial charge in [-0.15, -0.1) is 0 Å². The molecule has 0 unspecified atom stereocenters. The van der Waals surface area contributed by atoms with Crippen LogP contribution in [0.4, 0.5) is 11.4 Å². The minimum Gasteiger partial charge on any atom is -0.252 e. The number of hydrogen-bond donors (Lipinski definition) is 0. The van der Waals surface area contributed by atoms with Crippen molar-refractivity contribution in [2.45, 2.75) is 112 Å². The van der Waals surface area contributed by atoms with Gasteiger partial charge in [0.25, 0.3) is 0 Å². The summed E-state index contributed by atoms with van der Waals surface area (Å²) in [4.78, 5) is 10.2. The fraction of sp³-hybridized carbons (Fsp3) is 0.548. The van der Waals surface area contributed by atoms with Gasteiger partial charge in [0.2, 0.25) is 0 Å². The maximum absolute atomic E-state index is 5.18. The van der Waals surface area contributed by atoms with Crippen LogP contribution in [-0.2, 0) is 25.7 Å². The minimum absolute atomic E-state index is 0.993. The molecule has 2 heteroatoms. The molecule has 0 spiro atoms. The third kappa shape index (κ3) is 9.27. The van der Waals surface area contributed by atoms with Crippen LogP contribution in [0.25, 0.3) is 0 Å². The summed E-state index contributed by atoms with van der Waals surface area (Å²) in [6.07, 6.45) is 12.9. The van der Waals surface area contributed by atoms with Crippen LogP contribution in [0.3, 0.4) is 0 Å². The van der Waals surface area contributed by atoms with Gasteiger partial charge in [-0.3, -0.25) is 9.98 Å². The second-order valence-corrected chi connectivity index (χ2v) is 9.20. The van der Waals surface area contributed by atoms with Gasteiger partial charge < -0.3 is 0 Å². The Morgan fingerprint density at radius 1 is 0.545 bits per heavy atom. The average molecular weight is 447 g/mol. The molecule has 2 aromatic carbocycles.